The topological polar surface area (TPSA) is 71.0 Å². The molecular formula is C17H34N2O4. The van der Waals surface area contributed by atoms with Crippen LogP contribution in [0.15, 0.2) is 0 Å². The van der Waals surface area contributed by atoms with Crippen molar-refractivity contribution in [1.29, 1.82) is 0 Å². The fraction of sp³-hybridized carbons (Fsp3) is 0.941. The summed E-state index contributed by atoms with van der Waals surface area (Å²) in [6, 6.07) is 0. The molecule has 1 fully saturated rings. The van der Waals surface area contributed by atoms with Crippen molar-refractivity contribution in [1.82, 2.24) is 10.2 Å². The fourth-order valence-electron chi connectivity index (χ4n) is 2.60. The third kappa shape index (κ3) is 6.65. The lowest BCUT2D eigenvalue weighted by atomic mass is 9.91. The maximum atomic E-state index is 12.4. The van der Waals surface area contributed by atoms with Crippen LogP contribution in [0.4, 0.5) is 4.79 Å². The van der Waals surface area contributed by atoms with Crippen molar-refractivity contribution in [2.24, 2.45) is 0 Å². The molecule has 0 saturated carbocycles. The average Bonchev–Trinajstić information content (AvgIpc) is 2.41. The Labute approximate surface area is 140 Å². The molecule has 136 valence electrons. The van der Waals surface area contributed by atoms with Gasteiger partial charge in [-0.15, -0.1) is 0 Å². The van der Waals surface area contributed by atoms with Gasteiger partial charge in [0.1, 0.15) is 5.60 Å². The number of ether oxygens (including phenoxy) is 2. The molecule has 0 spiro atoms. The molecule has 1 aliphatic heterocycles. The highest BCUT2D eigenvalue weighted by molar-refractivity contribution is 5.69. The number of amides is 1. The first kappa shape index (κ1) is 20.2. The van der Waals surface area contributed by atoms with Gasteiger partial charge < -0.3 is 24.8 Å². The zero-order valence-electron chi connectivity index (χ0n) is 15.6. The van der Waals surface area contributed by atoms with E-state index in [9.17, 15) is 9.90 Å². The lowest BCUT2D eigenvalue weighted by Gasteiger charge is -2.40. The van der Waals surface area contributed by atoms with E-state index in [1.165, 1.54) is 0 Å². The van der Waals surface area contributed by atoms with E-state index in [1.807, 2.05) is 41.5 Å². The van der Waals surface area contributed by atoms with E-state index in [-0.39, 0.29) is 23.8 Å². The Morgan fingerprint density at radius 1 is 1.22 bits per heavy atom. The van der Waals surface area contributed by atoms with Crippen molar-refractivity contribution in [2.75, 3.05) is 32.9 Å². The van der Waals surface area contributed by atoms with Crippen LogP contribution in [-0.4, -0.2) is 65.7 Å². The molecule has 0 atom stereocenters. The monoisotopic (exact) mass is 330 g/mol. The highest BCUT2D eigenvalue weighted by atomic mass is 16.6. The van der Waals surface area contributed by atoms with E-state index < -0.39 is 5.60 Å². The number of carbonyl (C=O) groups is 1. The summed E-state index contributed by atoms with van der Waals surface area (Å²) >= 11 is 0. The van der Waals surface area contributed by atoms with Crippen LogP contribution in [0.1, 0.15) is 54.4 Å². The molecule has 0 aliphatic carbocycles. The van der Waals surface area contributed by atoms with Crippen molar-refractivity contribution in [2.45, 2.75) is 71.1 Å². The molecule has 1 aliphatic rings. The predicted octanol–water partition coefficient (Wildman–Crippen LogP) is 2.15. The van der Waals surface area contributed by atoms with E-state index in [1.54, 1.807) is 4.90 Å². The van der Waals surface area contributed by atoms with Crippen LogP contribution in [-0.2, 0) is 9.47 Å². The van der Waals surface area contributed by atoms with Gasteiger partial charge in [0.25, 0.3) is 0 Å². The van der Waals surface area contributed by atoms with Gasteiger partial charge in [-0.3, -0.25) is 0 Å². The molecule has 6 heteroatoms. The predicted molar refractivity (Wildman–Crippen MR) is 90.6 cm³/mol. The molecule has 23 heavy (non-hydrogen) atoms. The summed E-state index contributed by atoms with van der Waals surface area (Å²) in [6.07, 6.45) is 1.26. The molecule has 1 amide bonds. The third-order valence-corrected chi connectivity index (χ3v) is 4.01. The second-order valence-electron chi connectivity index (χ2n) is 8.28. The molecule has 1 saturated heterocycles. The van der Waals surface area contributed by atoms with E-state index >= 15 is 0 Å². The number of nitrogens with one attached hydrogen (secondary N) is 1. The van der Waals surface area contributed by atoms with Crippen molar-refractivity contribution in [3.63, 3.8) is 0 Å². The van der Waals surface area contributed by atoms with Gasteiger partial charge in [0, 0.05) is 37.4 Å². The molecule has 0 unspecified atom stereocenters. The van der Waals surface area contributed by atoms with Crippen LogP contribution in [0.2, 0.25) is 0 Å². The first-order valence-corrected chi connectivity index (χ1v) is 8.43. The zero-order valence-corrected chi connectivity index (χ0v) is 15.6. The van der Waals surface area contributed by atoms with Crippen molar-refractivity contribution < 1.29 is 19.4 Å². The summed E-state index contributed by atoms with van der Waals surface area (Å²) in [7, 11) is 0. The van der Waals surface area contributed by atoms with E-state index in [0.717, 1.165) is 12.8 Å². The van der Waals surface area contributed by atoms with Gasteiger partial charge >= 0.3 is 6.09 Å². The lowest BCUT2D eigenvalue weighted by Crippen LogP contribution is -2.56. The molecule has 0 bridgehead atoms. The Hall–Kier alpha value is -0.850. The minimum absolute atomic E-state index is 0.0817. The van der Waals surface area contributed by atoms with Gasteiger partial charge in [-0.05, 0) is 54.4 Å². The van der Waals surface area contributed by atoms with Crippen LogP contribution < -0.4 is 5.32 Å². The number of aliphatic hydroxyl groups excluding tert-OH is 1. The van der Waals surface area contributed by atoms with Crippen LogP contribution in [0, 0.1) is 0 Å². The molecule has 0 radical (unpaired) electrons. The Bertz CT molecular complexity index is 379. The maximum Gasteiger partial charge on any atom is 0.410 e. The minimum Gasteiger partial charge on any atom is -0.444 e. The fourth-order valence-corrected chi connectivity index (χ4v) is 2.60. The van der Waals surface area contributed by atoms with Crippen molar-refractivity contribution in [3.05, 3.63) is 0 Å². The molecule has 6 nitrogen and oxygen atoms in total. The first-order chi connectivity index (χ1) is 10.5. The van der Waals surface area contributed by atoms with Crippen LogP contribution >= 0.6 is 0 Å². The van der Waals surface area contributed by atoms with Gasteiger partial charge in [0.05, 0.1) is 6.61 Å². The smallest absolute Gasteiger partial charge is 0.410 e. The van der Waals surface area contributed by atoms with Crippen molar-refractivity contribution >= 4 is 6.09 Å². The molecule has 1 rings (SSSR count). The number of rotatable bonds is 5. The summed E-state index contributed by atoms with van der Waals surface area (Å²) in [6.45, 7) is 14.1. The van der Waals surface area contributed by atoms with Gasteiger partial charge in [0.15, 0.2) is 0 Å². The number of hydrogen-bond donors (Lipinski definition) is 2. The van der Waals surface area contributed by atoms with Gasteiger partial charge in [-0.25, -0.2) is 4.79 Å². The first-order valence-electron chi connectivity index (χ1n) is 8.43. The minimum atomic E-state index is -0.513. The molecule has 2 N–H and O–H groups in total. The average molecular weight is 330 g/mol. The Morgan fingerprint density at radius 2 is 1.78 bits per heavy atom. The van der Waals surface area contributed by atoms with Crippen LogP contribution in [0.25, 0.3) is 0 Å². The normalized spacial score (nSPS) is 18.6. The molecule has 0 aromatic carbocycles. The molecule has 0 aromatic heterocycles. The number of carbonyl (C=O) groups excluding carboxylic acids is 1. The largest absolute Gasteiger partial charge is 0.444 e. The van der Waals surface area contributed by atoms with Gasteiger partial charge in [-0.2, -0.15) is 0 Å². The maximum absolute atomic E-state index is 12.4. The highest BCUT2D eigenvalue weighted by Gasteiger charge is 2.33. The standard InChI is InChI=1S/C17H34N2O4/c1-15(2,3)19(14(21)23-16(4,5)6)10-9-18-17(13-20)7-11-22-12-8-17/h18,20H,7-13H2,1-6H3. The summed E-state index contributed by atoms with van der Waals surface area (Å²) in [5, 5.41) is 13.1. The third-order valence-electron chi connectivity index (χ3n) is 4.01. The van der Waals surface area contributed by atoms with E-state index in [0.29, 0.717) is 26.3 Å². The van der Waals surface area contributed by atoms with Gasteiger partial charge in [-0.1, -0.05) is 0 Å². The zero-order chi connectivity index (χ0) is 17.7. The van der Waals surface area contributed by atoms with Crippen LogP contribution in [0.3, 0.4) is 0 Å². The Morgan fingerprint density at radius 3 is 2.22 bits per heavy atom. The summed E-state index contributed by atoms with van der Waals surface area (Å²) < 4.78 is 10.9. The summed E-state index contributed by atoms with van der Waals surface area (Å²) in [5.74, 6) is 0. The number of nitrogens with zero attached hydrogens (tertiary/aromatic N) is 1. The summed E-state index contributed by atoms with van der Waals surface area (Å²) in [4.78, 5) is 14.2. The van der Waals surface area contributed by atoms with Crippen molar-refractivity contribution in [3.8, 4) is 0 Å². The summed E-state index contributed by atoms with van der Waals surface area (Å²) in [5.41, 5.74) is -1.14. The number of hydrogen-bond acceptors (Lipinski definition) is 5. The highest BCUT2D eigenvalue weighted by Crippen LogP contribution is 2.21. The second-order valence-corrected chi connectivity index (χ2v) is 8.28. The second kappa shape index (κ2) is 7.81. The Kier molecular flexibility index (Phi) is 6.86. The quantitative estimate of drug-likeness (QED) is 0.808. The SMILES string of the molecule is CC(C)(C)OC(=O)N(CCNC1(CO)CCOCC1)C(C)(C)C. The van der Waals surface area contributed by atoms with E-state index in [2.05, 4.69) is 5.32 Å². The molecule has 1 heterocycles. The van der Waals surface area contributed by atoms with Crippen LogP contribution in [0.5, 0.6) is 0 Å². The Balaban J connectivity index is 2.63. The van der Waals surface area contributed by atoms with E-state index in [4.69, 9.17) is 9.47 Å². The molecule has 0 aromatic rings. The van der Waals surface area contributed by atoms with Gasteiger partial charge in [0.2, 0.25) is 0 Å². The molecular weight excluding hydrogens is 296 g/mol. The lowest BCUT2D eigenvalue weighted by molar-refractivity contribution is -0.00155. The number of aliphatic hydroxyl groups is 1.